The number of carbonyl (C=O) groups excluding carboxylic acids is 1. The number of aliphatic hydroxyl groups is 2. The molecule has 0 radical (unpaired) electrons. The molecular weight excluding hydrogens is 554 g/mol. The molecule has 0 saturated carbocycles. The average molecular weight is 594 g/mol. The summed E-state index contributed by atoms with van der Waals surface area (Å²) in [5.41, 5.74) is 5.69. The molecular formula is C33H39NO7S. The maximum atomic E-state index is 12.1. The first-order valence-electron chi connectivity index (χ1n) is 14.2. The Bertz CT molecular complexity index is 1320. The highest BCUT2D eigenvalue weighted by Gasteiger charge is 2.38. The van der Waals surface area contributed by atoms with Crippen molar-refractivity contribution in [2.45, 2.75) is 57.8 Å². The van der Waals surface area contributed by atoms with Gasteiger partial charge >= 0.3 is 5.97 Å². The molecule has 1 aliphatic heterocycles. The number of thioether (sulfide) groups is 1. The number of aliphatic carboxylic acids is 1. The highest BCUT2D eigenvalue weighted by Crippen LogP contribution is 2.43. The lowest BCUT2D eigenvalue weighted by molar-refractivity contribution is -0.268. The third kappa shape index (κ3) is 8.89. The summed E-state index contributed by atoms with van der Waals surface area (Å²) in [6.45, 7) is 2.59. The maximum Gasteiger partial charge on any atom is 0.303 e. The Labute approximate surface area is 251 Å². The number of hydrogen-bond acceptors (Lipinski definition) is 7. The van der Waals surface area contributed by atoms with E-state index >= 15 is 0 Å². The van der Waals surface area contributed by atoms with Crippen molar-refractivity contribution in [2.75, 3.05) is 18.1 Å². The van der Waals surface area contributed by atoms with Crippen molar-refractivity contribution in [3.05, 3.63) is 95.1 Å². The van der Waals surface area contributed by atoms with Gasteiger partial charge in [0, 0.05) is 42.4 Å². The lowest BCUT2D eigenvalue weighted by atomic mass is 9.91. The summed E-state index contributed by atoms with van der Waals surface area (Å²) in [6, 6.07) is 23.8. The topological polar surface area (TPSA) is 125 Å². The molecule has 8 nitrogen and oxygen atoms in total. The van der Waals surface area contributed by atoms with Crippen molar-refractivity contribution in [1.82, 2.24) is 5.32 Å². The fourth-order valence-electron chi connectivity index (χ4n) is 4.99. The minimum absolute atomic E-state index is 0.0132. The molecule has 42 heavy (non-hydrogen) atoms. The van der Waals surface area contributed by atoms with Gasteiger partial charge in [0.1, 0.15) is 0 Å². The molecule has 0 bridgehead atoms. The number of carbonyl (C=O) groups is 2. The molecule has 1 heterocycles. The first kappa shape index (κ1) is 31.7. The number of amides is 1. The van der Waals surface area contributed by atoms with Crippen LogP contribution in [-0.4, -0.2) is 51.4 Å². The van der Waals surface area contributed by atoms with Gasteiger partial charge in [0.25, 0.3) is 0 Å². The summed E-state index contributed by atoms with van der Waals surface area (Å²) in [5.74, 6) is 0.377. The van der Waals surface area contributed by atoms with E-state index in [1.807, 2.05) is 66.7 Å². The van der Waals surface area contributed by atoms with E-state index < -0.39 is 12.3 Å². The highest BCUT2D eigenvalue weighted by molar-refractivity contribution is 7.99. The average Bonchev–Trinajstić information content (AvgIpc) is 3.01. The van der Waals surface area contributed by atoms with Gasteiger partial charge in [-0.05, 0) is 46.4 Å². The predicted octanol–water partition coefficient (Wildman–Crippen LogP) is 5.23. The molecule has 0 unspecified atom stereocenters. The minimum atomic E-state index is -0.903. The molecule has 4 N–H and O–H groups in total. The predicted molar refractivity (Wildman–Crippen MR) is 163 cm³/mol. The van der Waals surface area contributed by atoms with Crippen LogP contribution in [0.25, 0.3) is 11.1 Å². The zero-order valence-electron chi connectivity index (χ0n) is 23.8. The monoisotopic (exact) mass is 593 g/mol. The van der Waals surface area contributed by atoms with Crippen LogP contribution >= 0.6 is 11.8 Å². The number of aliphatic hydroxyl groups excluding tert-OH is 2. The molecule has 0 spiro atoms. The molecule has 0 aromatic heterocycles. The summed E-state index contributed by atoms with van der Waals surface area (Å²) in [6.07, 6.45) is -0.410. The zero-order valence-corrected chi connectivity index (χ0v) is 24.6. The maximum absolute atomic E-state index is 12.1. The second-order valence-corrected chi connectivity index (χ2v) is 11.6. The van der Waals surface area contributed by atoms with Gasteiger partial charge in [-0.25, -0.2) is 0 Å². The Hall–Kier alpha value is -3.21. The van der Waals surface area contributed by atoms with Crippen molar-refractivity contribution in [3.63, 3.8) is 0 Å². The Balaban J connectivity index is 1.50. The molecule has 1 aliphatic rings. The smallest absolute Gasteiger partial charge is 0.303 e. The number of benzene rings is 3. The molecule has 4 rings (SSSR count). The molecule has 1 fully saturated rings. The van der Waals surface area contributed by atoms with Gasteiger partial charge in [-0.15, -0.1) is 0 Å². The summed E-state index contributed by atoms with van der Waals surface area (Å²) in [4.78, 5) is 22.8. The molecule has 3 aromatic rings. The molecule has 4 atom stereocenters. The van der Waals surface area contributed by atoms with Crippen LogP contribution < -0.4 is 5.32 Å². The minimum Gasteiger partial charge on any atom is -0.481 e. The molecule has 1 saturated heterocycles. The fraction of sp³-hybridized carbons (Fsp3) is 0.394. The zero-order chi connectivity index (χ0) is 29.9. The van der Waals surface area contributed by atoms with Crippen molar-refractivity contribution in [2.24, 2.45) is 5.92 Å². The normalized spacial score (nSPS) is 20.3. The first-order valence-corrected chi connectivity index (χ1v) is 15.4. The van der Waals surface area contributed by atoms with Crippen LogP contribution in [0.1, 0.15) is 60.8 Å². The Morgan fingerprint density at radius 2 is 1.62 bits per heavy atom. The van der Waals surface area contributed by atoms with Gasteiger partial charge < -0.3 is 30.1 Å². The quantitative estimate of drug-likeness (QED) is 0.187. The number of ether oxygens (including phenoxy) is 2. The van der Waals surface area contributed by atoms with Crippen LogP contribution in [-0.2, 0) is 32.2 Å². The van der Waals surface area contributed by atoms with Crippen molar-refractivity contribution in [3.8, 4) is 11.1 Å². The van der Waals surface area contributed by atoms with Gasteiger partial charge in [-0.1, -0.05) is 67.6 Å². The SMILES string of the molecule is C[C@H]1[C@@H](CSCCO)O[C@@H](c2cccc(-c3cccc(CNC(=O)CCCC(=O)O)c3)c2)O[C@H]1c1ccc(CO)cc1. The Kier molecular flexibility index (Phi) is 12.0. The molecule has 0 aliphatic carbocycles. The van der Waals surface area contributed by atoms with Gasteiger partial charge in [0.15, 0.2) is 6.29 Å². The van der Waals surface area contributed by atoms with E-state index in [1.54, 1.807) is 11.8 Å². The number of carboxylic acid groups (broad SMARTS) is 1. The van der Waals surface area contributed by atoms with Crippen molar-refractivity contribution >= 4 is 23.6 Å². The Morgan fingerprint density at radius 3 is 2.33 bits per heavy atom. The van der Waals surface area contributed by atoms with Gasteiger partial charge in [-0.3, -0.25) is 9.59 Å². The van der Waals surface area contributed by atoms with E-state index in [0.29, 0.717) is 18.7 Å². The lowest BCUT2D eigenvalue weighted by Gasteiger charge is -2.41. The summed E-state index contributed by atoms with van der Waals surface area (Å²) in [5, 5.41) is 30.4. The second kappa shape index (κ2) is 15.9. The number of nitrogens with one attached hydrogen (secondary N) is 1. The van der Waals surface area contributed by atoms with Crippen LogP contribution in [0.5, 0.6) is 0 Å². The van der Waals surface area contributed by atoms with E-state index in [9.17, 15) is 19.8 Å². The van der Waals surface area contributed by atoms with E-state index in [4.69, 9.17) is 14.6 Å². The van der Waals surface area contributed by atoms with Gasteiger partial charge in [0.05, 0.1) is 25.4 Å². The van der Waals surface area contributed by atoms with Gasteiger partial charge in [-0.2, -0.15) is 11.8 Å². The van der Waals surface area contributed by atoms with E-state index in [2.05, 4.69) is 18.3 Å². The van der Waals surface area contributed by atoms with Crippen LogP contribution in [0.2, 0.25) is 0 Å². The third-order valence-electron chi connectivity index (χ3n) is 7.34. The van der Waals surface area contributed by atoms with Crippen LogP contribution in [0.15, 0.2) is 72.8 Å². The molecule has 9 heteroatoms. The molecule has 224 valence electrons. The van der Waals surface area contributed by atoms with E-state index in [-0.39, 0.29) is 50.1 Å². The van der Waals surface area contributed by atoms with E-state index in [1.165, 1.54) is 0 Å². The molecule has 1 amide bonds. The second-order valence-electron chi connectivity index (χ2n) is 10.5. The fourth-order valence-corrected chi connectivity index (χ4v) is 5.90. The van der Waals surface area contributed by atoms with Crippen LogP contribution in [0, 0.1) is 5.92 Å². The summed E-state index contributed by atoms with van der Waals surface area (Å²) < 4.78 is 13.1. The van der Waals surface area contributed by atoms with Crippen LogP contribution in [0.3, 0.4) is 0 Å². The lowest BCUT2D eigenvalue weighted by Crippen LogP contribution is -2.38. The first-order chi connectivity index (χ1) is 20.4. The van der Waals surface area contributed by atoms with E-state index in [0.717, 1.165) is 39.1 Å². The largest absolute Gasteiger partial charge is 0.481 e. The third-order valence-corrected chi connectivity index (χ3v) is 8.38. The van der Waals surface area contributed by atoms with Crippen molar-refractivity contribution < 1.29 is 34.4 Å². The summed E-state index contributed by atoms with van der Waals surface area (Å²) in [7, 11) is 0. The number of hydrogen-bond donors (Lipinski definition) is 4. The number of rotatable bonds is 14. The standard InChI is InChI=1S/C33H39NO7S/c1-22-29(21-42-16-15-35)40-33(41-32(22)25-13-11-23(20-36)12-14-25)28-8-3-7-27(18-28)26-6-2-5-24(17-26)19-34-30(37)9-4-10-31(38)39/h2-3,5-8,11-14,17-18,22,29,32-33,35-36H,4,9-10,15-16,19-21H2,1H3,(H,34,37)(H,38,39)/t22-,29+,32+,33+/m0/s1. The Morgan fingerprint density at radius 1 is 0.881 bits per heavy atom. The highest BCUT2D eigenvalue weighted by atomic mass is 32.2. The molecule has 3 aromatic carbocycles. The van der Waals surface area contributed by atoms with Gasteiger partial charge in [0.2, 0.25) is 5.91 Å². The summed E-state index contributed by atoms with van der Waals surface area (Å²) >= 11 is 1.66. The van der Waals surface area contributed by atoms with Crippen molar-refractivity contribution in [1.29, 1.82) is 0 Å². The van der Waals surface area contributed by atoms with Crippen LogP contribution in [0.4, 0.5) is 0 Å². The number of carboxylic acids is 1.